The highest BCUT2D eigenvalue weighted by atomic mass is 35.5. The highest BCUT2D eigenvalue weighted by molar-refractivity contribution is 6.35. The highest BCUT2D eigenvalue weighted by Crippen LogP contribution is 2.32. The molecule has 0 saturated carbocycles. The summed E-state index contributed by atoms with van der Waals surface area (Å²) in [6.45, 7) is 4.41. The molecule has 2 heterocycles. The first-order valence-corrected chi connectivity index (χ1v) is 16.3. The van der Waals surface area contributed by atoms with Crippen LogP contribution in [0.4, 0.5) is 5.69 Å². The van der Waals surface area contributed by atoms with Crippen molar-refractivity contribution in [1.29, 1.82) is 0 Å². The fourth-order valence-electron chi connectivity index (χ4n) is 4.82. The number of unbranched alkanes of at least 4 members (excludes halogenated alkanes) is 9. The summed E-state index contributed by atoms with van der Waals surface area (Å²) < 4.78 is 13.6. The number of ether oxygens (including phenoxy) is 2. The lowest BCUT2D eigenvalue weighted by Gasteiger charge is -2.18. The molecule has 1 atom stereocenters. The second-order valence-corrected chi connectivity index (χ2v) is 11.9. The Labute approximate surface area is 269 Å². The minimum absolute atomic E-state index is 0.152. The molecule has 8 nitrogen and oxygen atoms in total. The molecule has 0 spiro atoms. The van der Waals surface area contributed by atoms with E-state index in [2.05, 4.69) is 32.5 Å². The van der Waals surface area contributed by atoms with Crippen LogP contribution in [0.25, 0.3) is 17.0 Å². The molecule has 4 rings (SSSR count). The van der Waals surface area contributed by atoms with Gasteiger partial charge in [0.25, 0.3) is 0 Å². The Morgan fingerprint density at radius 3 is 2.40 bits per heavy atom. The Bertz CT molecular complexity index is 1450. The second-order valence-electron chi connectivity index (χ2n) is 10.7. The van der Waals surface area contributed by atoms with Gasteiger partial charge in [-0.15, -0.1) is 10.2 Å². The Hall–Kier alpha value is -2.78. The Kier molecular flexibility index (Phi) is 13.5. The van der Waals surface area contributed by atoms with E-state index in [0.29, 0.717) is 38.1 Å². The first-order valence-electron chi connectivity index (χ1n) is 15.2. The molecule has 0 aliphatic rings. The van der Waals surface area contributed by atoms with Gasteiger partial charge in [0, 0.05) is 5.56 Å². The van der Waals surface area contributed by atoms with Crippen LogP contribution < -0.4 is 10.1 Å². The SMILES string of the molecule is CCCCCCCCCCCCC(NCOc1[nH]n2c(-c3ccccc3Cl)nnc2c1Cl)OC=Nc1cc(C)ccc1Cl. The molecule has 11 heteroatoms. The van der Waals surface area contributed by atoms with E-state index < -0.39 is 0 Å². The van der Waals surface area contributed by atoms with Gasteiger partial charge in [0.1, 0.15) is 11.8 Å². The predicted octanol–water partition coefficient (Wildman–Crippen LogP) is 9.93. The smallest absolute Gasteiger partial charge is 0.230 e. The molecule has 0 amide bonds. The molecule has 0 fully saturated rings. The van der Waals surface area contributed by atoms with Crippen molar-refractivity contribution in [2.24, 2.45) is 4.99 Å². The summed E-state index contributed by atoms with van der Waals surface area (Å²) in [5.74, 6) is 0.906. The zero-order valence-corrected chi connectivity index (χ0v) is 27.2. The number of aromatic nitrogens is 4. The van der Waals surface area contributed by atoms with Gasteiger partial charge < -0.3 is 9.47 Å². The number of nitrogens with one attached hydrogen (secondary N) is 2. The molecular formula is C32H41Cl3N6O2. The topological polar surface area (TPSA) is 88.8 Å². The fraction of sp³-hybridized carbons (Fsp3) is 0.469. The lowest BCUT2D eigenvalue weighted by atomic mass is 10.1. The largest absolute Gasteiger partial charge is 0.465 e. The number of H-pyrrole nitrogens is 1. The average Bonchev–Trinajstić information content (AvgIpc) is 3.55. The van der Waals surface area contributed by atoms with E-state index in [0.717, 1.165) is 30.4 Å². The molecule has 0 saturated heterocycles. The summed E-state index contributed by atoms with van der Waals surface area (Å²) >= 11 is 19.2. The number of aliphatic imine (C=N–C) groups is 1. The van der Waals surface area contributed by atoms with Gasteiger partial charge >= 0.3 is 0 Å². The van der Waals surface area contributed by atoms with Crippen molar-refractivity contribution in [2.45, 2.75) is 90.7 Å². The molecule has 2 aromatic heterocycles. The van der Waals surface area contributed by atoms with Crippen LogP contribution in [0.3, 0.4) is 0 Å². The summed E-state index contributed by atoms with van der Waals surface area (Å²) in [5, 5.41) is 16.4. The van der Waals surface area contributed by atoms with Gasteiger partial charge in [-0.05, 0) is 49.6 Å². The van der Waals surface area contributed by atoms with E-state index in [4.69, 9.17) is 44.3 Å². The average molecular weight is 648 g/mol. The van der Waals surface area contributed by atoms with Crippen molar-refractivity contribution in [3.8, 4) is 17.3 Å². The van der Waals surface area contributed by atoms with Crippen molar-refractivity contribution in [1.82, 2.24) is 25.1 Å². The minimum atomic E-state index is -0.306. The molecule has 0 radical (unpaired) electrons. The summed E-state index contributed by atoms with van der Waals surface area (Å²) in [6, 6.07) is 13.1. The van der Waals surface area contributed by atoms with Crippen LogP contribution in [0.15, 0.2) is 47.5 Å². The molecular weight excluding hydrogens is 607 g/mol. The molecule has 232 valence electrons. The second kappa shape index (κ2) is 17.5. The third-order valence-electron chi connectivity index (χ3n) is 7.25. The van der Waals surface area contributed by atoms with Crippen molar-refractivity contribution in [2.75, 3.05) is 6.73 Å². The molecule has 2 N–H and O–H groups in total. The van der Waals surface area contributed by atoms with Crippen LogP contribution in [0.2, 0.25) is 15.1 Å². The first kappa shape index (κ1) is 33.1. The molecule has 2 aromatic carbocycles. The number of aryl methyl sites for hydroxylation is 1. The Balaban J connectivity index is 1.32. The molecule has 4 aromatic rings. The monoisotopic (exact) mass is 646 g/mol. The highest BCUT2D eigenvalue weighted by Gasteiger charge is 2.19. The number of nitrogens with zero attached hydrogens (tertiary/aromatic N) is 4. The minimum Gasteiger partial charge on any atom is -0.465 e. The van der Waals surface area contributed by atoms with Crippen LogP contribution in [-0.4, -0.2) is 39.2 Å². The number of fused-ring (bicyclic) bond motifs is 1. The standard InChI is InChI=1S/C32H41Cl3N6O2/c1-3-4-5-6-7-8-9-10-11-12-17-28(42-21-36-27-20-23(2)18-19-26(27)34)37-22-43-32-29(35)31-39-38-30(41(31)40-32)24-15-13-14-16-25(24)33/h13-16,18-21,28,37,40H,3-12,17,22H2,1-2H3. The van der Waals surface area contributed by atoms with Crippen molar-refractivity contribution < 1.29 is 9.47 Å². The van der Waals surface area contributed by atoms with Gasteiger partial charge in [-0.3, -0.25) is 5.10 Å². The van der Waals surface area contributed by atoms with Gasteiger partial charge in [-0.2, -0.15) is 0 Å². The summed E-state index contributed by atoms with van der Waals surface area (Å²) in [4.78, 5) is 4.44. The third-order valence-corrected chi connectivity index (χ3v) is 8.24. The number of rotatable bonds is 19. The third kappa shape index (κ3) is 9.86. The summed E-state index contributed by atoms with van der Waals surface area (Å²) in [6.07, 6.45) is 14.6. The molecule has 43 heavy (non-hydrogen) atoms. The number of benzene rings is 2. The van der Waals surface area contributed by atoms with Crippen LogP contribution in [0, 0.1) is 6.92 Å². The maximum absolute atomic E-state index is 6.57. The van der Waals surface area contributed by atoms with Crippen LogP contribution in [0.5, 0.6) is 5.88 Å². The Morgan fingerprint density at radius 1 is 0.930 bits per heavy atom. The van der Waals surface area contributed by atoms with Gasteiger partial charge in [-0.1, -0.05) is 118 Å². The molecule has 1 unspecified atom stereocenters. The van der Waals surface area contributed by atoms with Crippen LogP contribution in [0.1, 0.15) is 83.1 Å². The zero-order valence-electron chi connectivity index (χ0n) is 24.9. The van der Waals surface area contributed by atoms with Crippen molar-refractivity contribution in [3.05, 3.63) is 63.1 Å². The lowest BCUT2D eigenvalue weighted by Crippen LogP contribution is -2.34. The van der Waals surface area contributed by atoms with Gasteiger partial charge in [0.15, 0.2) is 24.1 Å². The number of hydrogen-bond acceptors (Lipinski definition) is 6. The van der Waals surface area contributed by atoms with E-state index in [1.165, 1.54) is 57.8 Å². The number of halogens is 3. The number of aromatic amines is 1. The van der Waals surface area contributed by atoms with E-state index >= 15 is 0 Å². The maximum atomic E-state index is 6.57. The summed E-state index contributed by atoms with van der Waals surface area (Å²) in [5.41, 5.74) is 2.93. The predicted molar refractivity (Wildman–Crippen MR) is 177 cm³/mol. The van der Waals surface area contributed by atoms with Crippen LogP contribution >= 0.6 is 34.8 Å². The van der Waals surface area contributed by atoms with Crippen molar-refractivity contribution >= 4 is 52.5 Å². The van der Waals surface area contributed by atoms with Gasteiger partial charge in [-0.25, -0.2) is 14.8 Å². The lowest BCUT2D eigenvalue weighted by molar-refractivity contribution is 0.111. The Morgan fingerprint density at radius 2 is 1.65 bits per heavy atom. The molecule has 0 aliphatic heterocycles. The fourth-order valence-corrected chi connectivity index (χ4v) is 5.43. The van der Waals surface area contributed by atoms with Crippen molar-refractivity contribution in [3.63, 3.8) is 0 Å². The summed E-state index contributed by atoms with van der Waals surface area (Å²) in [7, 11) is 0. The normalized spacial score (nSPS) is 12.4. The zero-order chi connectivity index (χ0) is 30.4. The quantitative estimate of drug-likeness (QED) is 0.0458. The van der Waals surface area contributed by atoms with Crippen LogP contribution in [-0.2, 0) is 4.74 Å². The van der Waals surface area contributed by atoms with E-state index in [1.807, 2.05) is 43.3 Å². The molecule has 0 bridgehead atoms. The van der Waals surface area contributed by atoms with Gasteiger partial charge in [0.05, 0.1) is 15.7 Å². The maximum Gasteiger partial charge on any atom is 0.230 e. The van der Waals surface area contributed by atoms with E-state index in [9.17, 15) is 0 Å². The van der Waals surface area contributed by atoms with E-state index in [-0.39, 0.29) is 13.0 Å². The number of hydrogen-bond donors (Lipinski definition) is 2. The molecule has 0 aliphatic carbocycles. The first-order chi connectivity index (χ1) is 21.0. The van der Waals surface area contributed by atoms with E-state index in [1.54, 1.807) is 10.6 Å². The van der Waals surface area contributed by atoms with Gasteiger partial charge in [0.2, 0.25) is 5.88 Å².